The second-order valence-corrected chi connectivity index (χ2v) is 6.44. The highest BCUT2D eigenvalue weighted by molar-refractivity contribution is 9.10. The number of anilines is 1. The van der Waals surface area contributed by atoms with Crippen LogP contribution >= 0.6 is 15.9 Å². The molecule has 2 aromatic rings. The van der Waals surface area contributed by atoms with Gasteiger partial charge in [-0.15, -0.1) is 0 Å². The summed E-state index contributed by atoms with van der Waals surface area (Å²) in [6.07, 6.45) is 0. The summed E-state index contributed by atoms with van der Waals surface area (Å²) in [7, 11) is 0. The van der Waals surface area contributed by atoms with E-state index in [-0.39, 0.29) is 12.5 Å². The Morgan fingerprint density at radius 1 is 1.05 bits per heavy atom. The number of hydrogen-bond acceptors (Lipinski definition) is 2. The second kappa shape index (κ2) is 6.97. The molecular weight excluding hydrogens is 342 g/mol. The van der Waals surface area contributed by atoms with Gasteiger partial charge in [0, 0.05) is 10.2 Å². The van der Waals surface area contributed by atoms with Crippen LogP contribution < -0.4 is 10.1 Å². The first kappa shape index (κ1) is 16.6. The van der Waals surface area contributed by atoms with Crippen LogP contribution in [0, 0.1) is 27.7 Å². The van der Waals surface area contributed by atoms with Crippen molar-refractivity contribution in [3.63, 3.8) is 0 Å². The van der Waals surface area contributed by atoms with Gasteiger partial charge in [0.25, 0.3) is 5.91 Å². The molecule has 2 rings (SSSR count). The number of carbonyl (C=O) groups excluding carboxylic acids is 1. The molecule has 0 atom stereocenters. The zero-order chi connectivity index (χ0) is 16.3. The quantitative estimate of drug-likeness (QED) is 0.856. The van der Waals surface area contributed by atoms with E-state index in [4.69, 9.17) is 4.74 Å². The Labute approximate surface area is 139 Å². The van der Waals surface area contributed by atoms with E-state index in [0.29, 0.717) is 0 Å². The first-order valence-electron chi connectivity index (χ1n) is 7.13. The number of halogens is 1. The number of hydrogen-bond donors (Lipinski definition) is 1. The molecule has 4 heteroatoms. The molecule has 0 aliphatic carbocycles. The van der Waals surface area contributed by atoms with E-state index in [1.165, 1.54) is 0 Å². The summed E-state index contributed by atoms with van der Waals surface area (Å²) in [6.45, 7) is 7.90. The standard InChI is InChI=1S/C18H20BrNO2/c1-11-5-6-12(2)16(7-11)20-17(21)10-22-18-13(3)8-15(19)9-14(18)4/h5-9H,10H2,1-4H3,(H,20,21). The molecule has 0 radical (unpaired) electrons. The van der Waals surface area contributed by atoms with Crippen LogP contribution in [0.2, 0.25) is 0 Å². The van der Waals surface area contributed by atoms with Crippen molar-refractivity contribution < 1.29 is 9.53 Å². The summed E-state index contributed by atoms with van der Waals surface area (Å²) in [4.78, 5) is 12.1. The Kier molecular flexibility index (Phi) is 5.24. The molecule has 0 aliphatic heterocycles. The van der Waals surface area contributed by atoms with Gasteiger partial charge in [-0.05, 0) is 68.1 Å². The van der Waals surface area contributed by atoms with Gasteiger partial charge in [0.15, 0.2) is 6.61 Å². The molecule has 22 heavy (non-hydrogen) atoms. The topological polar surface area (TPSA) is 38.3 Å². The third kappa shape index (κ3) is 4.10. The van der Waals surface area contributed by atoms with Crippen molar-refractivity contribution in [3.05, 3.63) is 57.1 Å². The van der Waals surface area contributed by atoms with Crippen molar-refractivity contribution in [2.45, 2.75) is 27.7 Å². The summed E-state index contributed by atoms with van der Waals surface area (Å²) in [5.41, 5.74) is 4.99. The fraction of sp³-hybridized carbons (Fsp3) is 0.278. The third-order valence-corrected chi connectivity index (χ3v) is 3.90. The molecule has 0 unspecified atom stereocenters. The van der Waals surface area contributed by atoms with Gasteiger partial charge in [0.05, 0.1) is 0 Å². The molecule has 2 aromatic carbocycles. The molecule has 1 amide bonds. The van der Waals surface area contributed by atoms with Gasteiger partial charge in [-0.1, -0.05) is 28.1 Å². The van der Waals surface area contributed by atoms with Gasteiger partial charge < -0.3 is 10.1 Å². The minimum absolute atomic E-state index is 0.00328. The first-order valence-corrected chi connectivity index (χ1v) is 7.93. The normalized spacial score (nSPS) is 10.4. The minimum atomic E-state index is -0.157. The van der Waals surface area contributed by atoms with Gasteiger partial charge in [-0.2, -0.15) is 0 Å². The molecule has 0 aliphatic rings. The number of rotatable bonds is 4. The van der Waals surface area contributed by atoms with Crippen LogP contribution in [0.25, 0.3) is 0 Å². The Morgan fingerprint density at radius 2 is 1.68 bits per heavy atom. The SMILES string of the molecule is Cc1ccc(C)c(NC(=O)COc2c(C)cc(Br)cc2C)c1. The van der Waals surface area contributed by atoms with Crippen molar-refractivity contribution in [1.82, 2.24) is 0 Å². The second-order valence-electron chi connectivity index (χ2n) is 5.52. The minimum Gasteiger partial charge on any atom is -0.483 e. The lowest BCUT2D eigenvalue weighted by Crippen LogP contribution is -2.21. The lowest BCUT2D eigenvalue weighted by molar-refractivity contribution is -0.118. The number of ether oxygens (including phenoxy) is 1. The average molecular weight is 362 g/mol. The van der Waals surface area contributed by atoms with Gasteiger partial charge >= 0.3 is 0 Å². The average Bonchev–Trinajstić information content (AvgIpc) is 2.41. The number of aryl methyl sites for hydroxylation is 4. The lowest BCUT2D eigenvalue weighted by atomic mass is 10.1. The van der Waals surface area contributed by atoms with Crippen LogP contribution in [0.3, 0.4) is 0 Å². The van der Waals surface area contributed by atoms with E-state index in [2.05, 4.69) is 21.2 Å². The van der Waals surface area contributed by atoms with Crippen molar-refractivity contribution in [2.75, 3.05) is 11.9 Å². The Morgan fingerprint density at radius 3 is 2.32 bits per heavy atom. The molecule has 0 bridgehead atoms. The fourth-order valence-electron chi connectivity index (χ4n) is 2.32. The van der Waals surface area contributed by atoms with Crippen molar-refractivity contribution in [1.29, 1.82) is 0 Å². The Bertz CT molecular complexity index is 687. The maximum atomic E-state index is 12.1. The molecule has 0 saturated heterocycles. The molecule has 0 aromatic heterocycles. The van der Waals surface area contributed by atoms with Gasteiger partial charge in [0.2, 0.25) is 0 Å². The van der Waals surface area contributed by atoms with Crippen LogP contribution in [0.1, 0.15) is 22.3 Å². The zero-order valence-electron chi connectivity index (χ0n) is 13.3. The number of amides is 1. The van der Waals surface area contributed by atoms with E-state index >= 15 is 0 Å². The van der Waals surface area contributed by atoms with E-state index in [1.54, 1.807) is 0 Å². The monoisotopic (exact) mass is 361 g/mol. The van der Waals surface area contributed by atoms with E-state index in [9.17, 15) is 4.79 Å². The molecule has 116 valence electrons. The molecule has 0 spiro atoms. The van der Waals surface area contributed by atoms with Crippen LogP contribution in [-0.4, -0.2) is 12.5 Å². The highest BCUT2D eigenvalue weighted by Gasteiger charge is 2.10. The smallest absolute Gasteiger partial charge is 0.262 e. The predicted octanol–water partition coefficient (Wildman–Crippen LogP) is 4.70. The van der Waals surface area contributed by atoms with Gasteiger partial charge in [0.1, 0.15) is 5.75 Å². The van der Waals surface area contributed by atoms with Crippen molar-refractivity contribution in [3.8, 4) is 5.75 Å². The zero-order valence-corrected chi connectivity index (χ0v) is 14.9. The van der Waals surface area contributed by atoms with Crippen LogP contribution in [-0.2, 0) is 4.79 Å². The van der Waals surface area contributed by atoms with Crippen LogP contribution in [0.15, 0.2) is 34.8 Å². The highest BCUT2D eigenvalue weighted by atomic mass is 79.9. The highest BCUT2D eigenvalue weighted by Crippen LogP contribution is 2.27. The Balaban J connectivity index is 2.03. The molecule has 3 nitrogen and oxygen atoms in total. The van der Waals surface area contributed by atoms with Crippen molar-refractivity contribution in [2.24, 2.45) is 0 Å². The fourth-order valence-corrected chi connectivity index (χ4v) is 3.01. The third-order valence-electron chi connectivity index (χ3n) is 3.44. The maximum absolute atomic E-state index is 12.1. The van der Waals surface area contributed by atoms with E-state index < -0.39 is 0 Å². The molecule has 0 heterocycles. The summed E-state index contributed by atoms with van der Waals surface area (Å²) in [5.74, 6) is 0.606. The summed E-state index contributed by atoms with van der Waals surface area (Å²) in [5, 5.41) is 2.90. The van der Waals surface area contributed by atoms with E-state index in [1.807, 2.05) is 58.0 Å². The molecule has 0 fully saturated rings. The first-order chi connectivity index (χ1) is 10.4. The molecule has 1 N–H and O–H groups in total. The number of nitrogens with one attached hydrogen (secondary N) is 1. The van der Waals surface area contributed by atoms with E-state index in [0.717, 1.165) is 38.2 Å². The molecule has 0 saturated carbocycles. The maximum Gasteiger partial charge on any atom is 0.262 e. The predicted molar refractivity (Wildman–Crippen MR) is 93.7 cm³/mol. The van der Waals surface area contributed by atoms with Crippen LogP contribution in [0.4, 0.5) is 5.69 Å². The van der Waals surface area contributed by atoms with Crippen LogP contribution in [0.5, 0.6) is 5.75 Å². The van der Waals surface area contributed by atoms with Gasteiger partial charge in [-0.3, -0.25) is 4.79 Å². The Hall–Kier alpha value is -1.81. The van der Waals surface area contributed by atoms with Gasteiger partial charge in [-0.25, -0.2) is 0 Å². The summed E-state index contributed by atoms with van der Waals surface area (Å²) >= 11 is 3.45. The molecular formula is C18H20BrNO2. The largest absolute Gasteiger partial charge is 0.483 e. The summed E-state index contributed by atoms with van der Waals surface area (Å²) < 4.78 is 6.70. The number of benzene rings is 2. The summed E-state index contributed by atoms with van der Waals surface area (Å²) in [6, 6.07) is 9.93. The lowest BCUT2D eigenvalue weighted by Gasteiger charge is -2.13. The van der Waals surface area contributed by atoms with Crippen molar-refractivity contribution >= 4 is 27.5 Å². The number of carbonyl (C=O) groups is 1.